The zero-order chi connectivity index (χ0) is 25.9. The Kier molecular flexibility index (Phi) is 7.64. The zero-order valence-corrected chi connectivity index (χ0v) is 21.8. The molecule has 36 heavy (non-hydrogen) atoms. The van der Waals surface area contributed by atoms with Gasteiger partial charge in [0.05, 0.1) is 13.2 Å². The highest BCUT2D eigenvalue weighted by molar-refractivity contribution is 7.10. The van der Waals surface area contributed by atoms with Crippen LogP contribution < -0.4 is 9.47 Å². The summed E-state index contributed by atoms with van der Waals surface area (Å²) in [6.07, 6.45) is 0.758. The number of benzene rings is 2. The average molecular weight is 511 g/mol. The number of ether oxygens (including phenoxy) is 2. The van der Waals surface area contributed by atoms with Gasteiger partial charge in [0.25, 0.3) is 5.91 Å². The van der Waals surface area contributed by atoms with Gasteiger partial charge < -0.3 is 19.3 Å². The summed E-state index contributed by atoms with van der Waals surface area (Å²) in [7, 11) is 1.57. The van der Waals surface area contributed by atoms with Gasteiger partial charge in [-0.25, -0.2) is 4.39 Å². The molecule has 1 aromatic heterocycles. The van der Waals surface area contributed by atoms with Gasteiger partial charge in [0.1, 0.15) is 30.5 Å². The van der Waals surface area contributed by atoms with Crippen LogP contribution in [-0.4, -0.2) is 54.0 Å². The number of methoxy groups -OCH3 is 1. The van der Waals surface area contributed by atoms with E-state index in [1.165, 1.54) is 17.0 Å². The van der Waals surface area contributed by atoms with Crippen molar-refractivity contribution in [2.75, 3.05) is 26.8 Å². The molecule has 0 aliphatic carbocycles. The molecule has 1 atom stereocenters. The lowest BCUT2D eigenvalue weighted by Gasteiger charge is -2.40. The molecule has 1 aliphatic heterocycles. The lowest BCUT2D eigenvalue weighted by Crippen LogP contribution is -2.53. The summed E-state index contributed by atoms with van der Waals surface area (Å²) < 4.78 is 24.5. The number of amides is 2. The lowest BCUT2D eigenvalue weighted by molar-refractivity contribution is -0.136. The second kappa shape index (κ2) is 10.7. The molecule has 1 unspecified atom stereocenters. The van der Waals surface area contributed by atoms with E-state index in [0.29, 0.717) is 23.6 Å². The minimum Gasteiger partial charge on any atom is -0.497 e. The van der Waals surface area contributed by atoms with E-state index >= 15 is 0 Å². The number of hydrogen-bond donors (Lipinski definition) is 0. The van der Waals surface area contributed by atoms with E-state index in [1.54, 1.807) is 64.6 Å². The fourth-order valence-electron chi connectivity index (χ4n) is 4.31. The Balaban J connectivity index is 1.54. The summed E-state index contributed by atoms with van der Waals surface area (Å²) in [5.74, 6) is 0.508. The van der Waals surface area contributed by atoms with Gasteiger partial charge in [-0.05, 0) is 92.7 Å². The third kappa shape index (κ3) is 5.70. The van der Waals surface area contributed by atoms with Crippen LogP contribution in [0.3, 0.4) is 0 Å². The quantitative estimate of drug-likeness (QED) is 0.431. The van der Waals surface area contributed by atoms with Crippen molar-refractivity contribution >= 4 is 23.2 Å². The van der Waals surface area contributed by atoms with Gasteiger partial charge in [0, 0.05) is 22.5 Å². The minimum absolute atomic E-state index is 0.0547. The highest BCUT2D eigenvalue weighted by Gasteiger charge is 2.36. The molecule has 0 fully saturated rings. The molecule has 3 aromatic rings. The molecule has 0 N–H and O–H groups in total. The molecule has 190 valence electrons. The number of carbonyl (C=O) groups excluding carboxylic acids is 2. The van der Waals surface area contributed by atoms with Crippen molar-refractivity contribution in [3.8, 4) is 11.5 Å². The summed E-state index contributed by atoms with van der Waals surface area (Å²) in [6, 6.07) is 14.5. The molecule has 2 amide bonds. The van der Waals surface area contributed by atoms with Crippen LogP contribution >= 0.6 is 11.3 Å². The van der Waals surface area contributed by atoms with Gasteiger partial charge >= 0.3 is 0 Å². The fourth-order valence-corrected chi connectivity index (χ4v) is 5.24. The van der Waals surface area contributed by atoms with Crippen molar-refractivity contribution in [3.63, 3.8) is 0 Å². The molecule has 0 radical (unpaired) electrons. The highest BCUT2D eigenvalue weighted by Crippen LogP contribution is 2.34. The van der Waals surface area contributed by atoms with Crippen molar-refractivity contribution in [1.29, 1.82) is 0 Å². The predicted octanol–water partition coefficient (Wildman–Crippen LogP) is 5.34. The number of thiophene rings is 1. The molecule has 0 bridgehead atoms. The van der Waals surface area contributed by atoms with E-state index in [1.807, 2.05) is 32.2 Å². The van der Waals surface area contributed by atoms with E-state index < -0.39 is 5.54 Å². The Morgan fingerprint density at radius 1 is 1.06 bits per heavy atom. The van der Waals surface area contributed by atoms with Crippen LogP contribution in [0, 0.1) is 5.82 Å². The maximum Gasteiger partial charge on any atom is 0.254 e. The monoisotopic (exact) mass is 510 g/mol. The Bertz CT molecular complexity index is 1200. The smallest absolute Gasteiger partial charge is 0.254 e. The number of rotatable bonds is 7. The van der Waals surface area contributed by atoms with Crippen LogP contribution in [0.25, 0.3) is 0 Å². The molecular weight excluding hydrogens is 479 g/mol. The Labute approximate surface area is 215 Å². The predicted molar refractivity (Wildman–Crippen MR) is 138 cm³/mol. The van der Waals surface area contributed by atoms with Crippen LogP contribution in [0.4, 0.5) is 4.39 Å². The molecule has 2 heterocycles. The van der Waals surface area contributed by atoms with E-state index in [4.69, 9.17) is 9.47 Å². The number of halogens is 1. The molecule has 0 spiro atoms. The summed E-state index contributed by atoms with van der Waals surface area (Å²) in [4.78, 5) is 31.8. The second-order valence-corrected chi connectivity index (χ2v) is 10.7. The van der Waals surface area contributed by atoms with Crippen molar-refractivity contribution in [2.45, 2.75) is 38.8 Å². The van der Waals surface area contributed by atoms with Crippen LogP contribution in [0.5, 0.6) is 11.5 Å². The topological polar surface area (TPSA) is 59.1 Å². The maximum atomic E-state index is 13.7. The van der Waals surface area contributed by atoms with Crippen LogP contribution in [0.2, 0.25) is 0 Å². The van der Waals surface area contributed by atoms with E-state index in [2.05, 4.69) is 0 Å². The first-order chi connectivity index (χ1) is 17.2. The van der Waals surface area contributed by atoms with Gasteiger partial charge in [-0.2, -0.15) is 0 Å². The van der Waals surface area contributed by atoms with E-state index in [-0.39, 0.29) is 36.8 Å². The molecule has 8 heteroatoms. The van der Waals surface area contributed by atoms with E-state index in [0.717, 1.165) is 12.0 Å². The van der Waals surface area contributed by atoms with Gasteiger partial charge in [0.15, 0.2) is 0 Å². The Morgan fingerprint density at radius 3 is 2.36 bits per heavy atom. The summed E-state index contributed by atoms with van der Waals surface area (Å²) >= 11 is 1.67. The largest absolute Gasteiger partial charge is 0.497 e. The van der Waals surface area contributed by atoms with Crippen LogP contribution in [-0.2, 0) is 11.2 Å². The Morgan fingerprint density at radius 2 is 1.72 bits per heavy atom. The Hall–Kier alpha value is -3.39. The SMILES string of the molecule is COc1ccc(C(=O)N(CC(=O)N2CCc3sccc3C2COc2ccc(F)cc2)C(C)(C)C)cc1. The molecule has 2 aromatic carbocycles. The number of fused-ring (bicyclic) bond motifs is 1. The average Bonchev–Trinajstić information content (AvgIpc) is 3.35. The van der Waals surface area contributed by atoms with Crippen molar-refractivity contribution < 1.29 is 23.5 Å². The molecule has 6 nitrogen and oxygen atoms in total. The number of hydrogen-bond acceptors (Lipinski definition) is 5. The second-order valence-electron chi connectivity index (χ2n) is 9.71. The number of nitrogens with zero attached hydrogens (tertiary/aromatic N) is 2. The van der Waals surface area contributed by atoms with Gasteiger partial charge in [-0.15, -0.1) is 11.3 Å². The van der Waals surface area contributed by atoms with Crippen LogP contribution in [0.1, 0.15) is 47.6 Å². The van der Waals surface area contributed by atoms with Crippen molar-refractivity contribution in [3.05, 3.63) is 81.8 Å². The van der Waals surface area contributed by atoms with Crippen LogP contribution in [0.15, 0.2) is 60.0 Å². The fraction of sp³-hybridized carbons (Fsp3) is 0.357. The van der Waals surface area contributed by atoms with Crippen molar-refractivity contribution in [2.24, 2.45) is 0 Å². The summed E-state index contributed by atoms with van der Waals surface area (Å²) in [5, 5.41) is 2.03. The molecule has 1 aliphatic rings. The third-order valence-electron chi connectivity index (χ3n) is 6.32. The lowest BCUT2D eigenvalue weighted by atomic mass is 9.99. The molecule has 0 saturated carbocycles. The minimum atomic E-state index is -0.573. The summed E-state index contributed by atoms with van der Waals surface area (Å²) in [5.41, 5.74) is 0.981. The van der Waals surface area contributed by atoms with E-state index in [9.17, 15) is 14.0 Å². The first-order valence-corrected chi connectivity index (χ1v) is 12.8. The zero-order valence-electron chi connectivity index (χ0n) is 21.0. The standard InChI is InChI=1S/C28H31FN2O4S/c1-28(2,3)31(27(33)19-5-9-21(34-4)10-6-19)17-26(32)30-15-13-25-23(14-16-36-25)24(30)18-35-22-11-7-20(29)8-12-22/h5-12,14,16,24H,13,15,17-18H2,1-4H3. The first kappa shape index (κ1) is 25.7. The normalized spacial score (nSPS) is 15.2. The summed E-state index contributed by atoms with van der Waals surface area (Å²) in [6.45, 7) is 6.49. The van der Waals surface area contributed by atoms with Gasteiger partial charge in [0.2, 0.25) is 5.91 Å². The molecular formula is C28H31FN2O4S. The third-order valence-corrected chi connectivity index (χ3v) is 7.32. The molecule has 0 saturated heterocycles. The first-order valence-electron chi connectivity index (χ1n) is 11.9. The highest BCUT2D eigenvalue weighted by atomic mass is 32.1. The van der Waals surface area contributed by atoms with Gasteiger partial charge in [-0.1, -0.05) is 0 Å². The van der Waals surface area contributed by atoms with Crippen molar-refractivity contribution in [1.82, 2.24) is 9.80 Å². The maximum absolute atomic E-state index is 13.7. The number of carbonyl (C=O) groups is 2. The molecule has 4 rings (SSSR count). The van der Waals surface area contributed by atoms with Gasteiger partial charge in [-0.3, -0.25) is 9.59 Å².